The van der Waals surface area contributed by atoms with E-state index in [2.05, 4.69) is 34.6 Å². The van der Waals surface area contributed by atoms with Crippen LogP contribution < -0.4 is 16.6 Å². The predicted molar refractivity (Wildman–Crippen MR) is 73.3 cm³/mol. The Balaban J connectivity index is 2.16. The third kappa shape index (κ3) is 3.23. The van der Waals surface area contributed by atoms with E-state index in [1.54, 1.807) is 0 Å². The second-order valence-corrected chi connectivity index (χ2v) is 5.65. The number of aromatic nitrogens is 2. The summed E-state index contributed by atoms with van der Waals surface area (Å²) in [6.07, 6.45) is 1.19. The number of hydrazine groups is 1. The number of thioether (sulfide) groups is 1. The third-order valence-corrected chi connectivity index (χ3v) is 3.85. The lowest BCUT2D eigenvalue weighted by Gasteiger charge is -2.14. The minimum absolute atomic E-state index is 0.293. The highest BCUT2D eigenvalue weighted by Gasteiger charge is 2.16. The number of hydrogen-bond acceptors (Lipinski definition) is 6. The van der Waals surface area contributed by atoms with Crippen molar-refractivity contribution in [2.24, 2.45) is 5.84 Å². The summed E-state index contributed by atoms with van der Waals surface area (Å²) in [6, 6.07) is 2.37. The Labute approximate surface area is 106 Å². The SMILES string of the molecule is CC(C)c1nc(NN)cc(NC2CCSC2)n1. The van der Waals surface area contributed by atoms with Gasteiger partial charge in [0.25, 0.3) is 0 Å². The van der Waals surface area contributed by atoms with E-state index in [0.29, 0.717) is 17.8 Å². The lowest BCUT2D eigenvalue weighted by Crippen LogP contribution is -2.20. The molecule has 1 aliphatic rings. The number of nitrogens with two attached hydrogens (primary N) is 1. The molecular formula is C11H19N5S. The van der Waals surface area contributed by atoms with Crippen LogP contribution in [0, 0.1) is 0 Å². The zero-order valence-electron chi connectivity index (χ0n) is 10.2. The minimum Gasteiger partial charge on any atom is -0.366 e. The molecule has 1 aromatic heterocycles. The number of hydrogen-bond donors (Lipinski definition) is 3. The molecule has 1 unspecified atom stereocenters. The fourth-order valence-electron chi connectivity index (χ4n) is 1.73. The molecule has 0 aliphatic carbocycles. The van der Waals surface area contributed by atoms with Crippen molar-refractivity contribution in [3.8, 4) is 0 Å². The van der Waals surface area contributed by atoms with Gasteiger partial charge >= 0.3 is 0 Å². The van der Waals surface area contributed by atoms with E-state index in [0.717, 1.165) is 17.4 Å². The Kier molecular flexibility index (Phi) is 4.06. The highest BCUT2D eigenvalue weighted by atomic mass is 32.2. The van der Waals surface area contributed by atoms with Crippen LogP contribution in [0.2, 0.25) is 0 Å². The molecule has 1 fully saturated rings. The molecule has 0 bridgehead atoms. The van der Waals surface area contributed by atoms with Crippen LogP contribution in [0.15, 0.2) is 6.07 Å². The van der Waals surface area contributed by atoms with Crippen LogP contribution >= 0.6 is 11.8 Å². The van der Waals surface area contributed by atoms with Crippen molar-refractivity contribution >= 4 is 23.4 Å². The number of rotatable bonds is 4. The van der Waals surface area contributed by atoms with Gasteiger partial charge in [-0.05, 0) is 12.2 Å². The Bertz CT molecular complexity index is 376. The smallest absolute Gasteiger partial charge is 0.145 e. The predicted octanol–water partition coefficient (Wildman–Crippen LogP) is 1.80. The first kappa shape index (κ1) is 12.4. The molecule has 1 saturated heterocycles. The zero-order chi connectivity index (χ0) is 12.3. The molecule has 0 amide bonds. The van der Waals surface area contributed by atoms with Gasteiger partial charge in [-0.15, -0.1) is 0 Å². The summed E-state index contributed by atoms with van der Waals surface area (Å²) in [5.74, 6) is 10.4. The average molecular weight is 253 g/mol. The van der Waals surface area contributed by atoms with E-state index in [9.17, 15) is 0 Å². The molecule has 1 atom stereocenters. The number of nitrogens with one attached hydrogen (secondary N) is 2. The molecule has 4 N–H and O–H groups in total. The summed E-state index contributed by atoms with van der Waals surface area (Å²) in [4.78, 5) is 8.85. The van der Waals surface area contributed by atoms with Crippen molar-refractivity contribution in [1.82, 2.24) is 9.97 Å². The minimum atomic E-state index is 0.293. The maximum absolute atomic E-state index is 5.42. The van der Waals surface area contributed by atoms with Gasteiger partial charge in [-0.3, -0.25) is 0 Å². The fraction of sp³-hybridized carbons (Fsp3) is 0.636. The monoisotopic (exact) mass is 253 g/mol. The molecule has 5 nitrogen and oxygen atoms in total. The fourth-order valence-corrected chi connectivity index (χ4v) is 2.88. The highest BCUT2D eigenvalue weighted by molar-refractivity contribution is 7.99. The van der Waals surface area contributed by atoms with Crippen LogP contribution in [0.25, 0.3) is 0 Å². The van der Waals surface area contributed by atoms with Gasteiger partial charge in [-0.25, -0.2) is 15.8 Å². The van der Waals surface area contributed by atoms with E-state index in [4.69, 9.17) is 5.84 Å². The second-order valence-electron chi connectivity index (χ2n) is 4.50. The average Bonchev–Trinajstić information content (AvgIpc) is 2.81. The van der Waals surface area contributed by atoms with Gasteiger partial charge in [0.15, 0.2) is 0 Å². The van der Waals surface area contributed by atoms with Crippen LogP contribution in [-0.4, -0.2) is 27.5 Å². The van der Waals surface area contributed by atoms with E-state index in [1.165, 1.54) is 12.2 Å². The largest absolute Gasteiger partial charge is 0.366 e. The van der Waals surface area contributed by atoms with Crippen molar-refractivity contribution in [3.05, 3.63) is 11.9 Å². The van der Waals surface area contributed by atoms with Crippen LogP contribution in [0.1, 0.15) is 32.0 Å². The van der Waals surface area contributed by atoms with E-state index in [1.807, 2.05) is 17.8 Å². The standard InChI is InChI=1S/C11H19N5S/c1-7(2)11-14-9(5-10(15-11)16-12)13-8-3-4-17-6-8/h5,7-8H,3-4,6,12H2,1-2H3,(H2,13,14,15,16). The molecule has 0 aromatic carbocycles. The first-order chi connectivity index (χ1) is 8.19. The van der Waals surface area contributed by atoms with E-state index >= 15 is 0 Å². The molecule has 6 heteroatoms. The van der Waals surface area contributed by atoms with Crippen molar-refractivity contribution in [2.45, 2.75) is 32.2 Å². The van der Waals surface area contributed by atoms with Crippen LogP contribution in [0.4, 0.5) is 11.6 Å². The first-order valence-corrected chi connectivity index (χ1v) is 7.04. The van der Waals surface area contributed by atoms with Gasteiger partial charge in [-0.1, -0.05) is 13.8 Å². The molecule has 0 radical (unpaired) electrons. The summed E-state index contributed by atoms with van der Waals surface area (Å²) in [6.45, 7) is 4.15. The quantitative estimate of drug-likeness (QED) is 0.561. The highest BCUT2D eigenvalue weighted by Crippen LogP contribution is 2.22. The Morgan fingerprint density at radius 2 is 2.18 bits per heavy atom. The van der Waals surface area contributed by atoms with E-state index < -0.39 is 0 Å². The summed E-state index contributed by atoms with van der Waals surface area (Å²) in [5, 5.41) is 3.44. The molecular weight excluding hydrogens is 234 g/mol. The van der Waals surface area contributed by atoms with Crippen molar-refractivity contribution in [2.75, 3.05) is 22.2 Å². The maximum atomic E-state index is 5.42. The van der Waals surface area contributed by atoms with Crippen molar-refractivity contribution < 1.29 is 0 Å². The normalized spacial score (nSPS) is 19.6. The number of nitrogens with zero attached hydrogens (tertiary/aromatic N) is 2. The summed E-state index contributed by atoms with van der Waals surface area (Å²) in [5.41, 5.74) is 2.59. The van der Waals surface area contributed by atoms with Crippen molar-refractivity contribution in [3.63, 3.8) is 0 Å². The zero-order valence-corrected chi connectivity index (χ0v) is 11.0. The van der Waals surface area contributed by atoms with Gasteiger partial charge < -0.3 is 10.7 Å². The van der Waals surface area contributed by atoms with Crippen molar-refractivity contribution in [1.29, 1.82) is 0 Å². The molecule has 0 spiro atoms. The topological polar surface area (TPSA) is 75.9 Å². The Morgan fingerprint density at radius 3 is 2.76 bits per heavy atom. The van der Waals surface area contributed by atoms with Gasteiger partial charge in [-0.2, -0.15) is 11.8 Å². The lowest BCUT2D eigenvalue weighted by molar-refractivity contribution is 0.761. The Hall–Kier alpha value is -1.01. The third-order valence-electron chi connectivity index (χ3n) is 2.69. The van der Waals surface area contributed by atoms with Crippen LogP contribution in [-0.2, 0) is 0 Å². The summed E-state index contributed by atoms with van der Waals surface area (Å²) >= 11 is 1.98. The Morgan fingerprint density at radius 1 is 1.41 bits per heavy atom. The molecule has 2 heterocycles. The molecule has 2 rings (SSSR count). The number of anilines is 2. The van der Waals surface area contributed by atoms with Gasteiger partial charge in [0.1, 0.15) is 17.5 Å². The van der Waals surface area contributed by atoms with E-state index in [-0.39, 0.29) is 0 Å². The summed E-state index contributed by atoms with van der Waals surface area (Å²) in [7, 11) is 0. The van der Waals surface area contributed by atoms with Crippen LogP contribution in [0.5, 0.6) is 0 Å². The molecule has 1 aliphatic heterocycles. The first-order valence-electron chi connectivity index (χ1n) is 5.89. The lowest BCUT2D eigenvalue weighted by atomic mass is 10.2. The molecule has 17 heavy (non-hydrogen) atoms. The van der Waals surface area contributed by atoms with Gasteiger partial charge in [0.05, 0.1) is 0 Å². The molecule has 1 aromatic rings. The van der Waals surface area contributed by atoms with Crippen LogP contribution in [0.3, 0.4) is 0 Å². The maximum Gasteiger partial charge on any atom is 0.145 e. The van der Waals surface area contributed by atoms with Gasteiger partial charge in [0, 0.05) is 23.8 Å². The molecule has 94 valence electrons. The van der Waals surface area contributed by atoms with Gasteiger partial charge in [0.2, 0.25) is 0 Å². The number of nitrogen functional groups attached to an aromatic ring is 1. The molecule has 0 saturated carbocycles. The second kappa shape index (κ2) is 5.55. The summed E-state index contributed by atoms with van der Waals surface area (Å²) < 4.78 is 0.